The maximum Gasteiger partial charge on any atom is 0.0720 e. The fourth-order valence-electron chi connectivity index (χ4n) is 2.58. The van der Waals surface area contributed by atoms with Gasteiger partial charge < -0.3 is 4.74 Å². The third-order valence-corrected chi connectivity index (χ3v) is 3.69. The molecule has 0 aliphatic carbocycles. The van der Waals surface area contributed by atoms with E-state index in [1.807, 2.05) is 6.07 Å². The Morgan fingerprint density at radius 3 is 1.76 bits per heavy atom. The van der Waals surface area contributed by atoms with Crippen molar-refractivity contribution in [3.63, 3.8) is 0 Å². The highest BCUT2D eigenvalue weighted by Crippen LogP contribution is 2.26. The molecule has 1 heteroatoms. The first kappa shape index (κ1) is 20.2. The van der Waals surface area contributed by atoms with E-state index in [9.17, 15) is 0 Å². The first-order chi connectivity index (χ1) is 9.92. The molecule has 0 aliphatic heterocycles. The van der Waals surface area contributed by atoms with Crippen molar-refractivity contribution in [1.29, 1.82) is 0 Å². The lowest BCUT2D eigenvalue weighted by Crippen LogP contribution is -2.22. The molecule has 1 atom stereocenters. The molecule has 1 nitrogen and oxygen atoms in total. The summed E-state index contributed by atoms with van der Waals surface area (Å²) in [6.45, 7) is 16.4. The van der Waals surface area contributed by atoms with E-state index in [1.165, 1.54) is 12.0 Å². The van der Waals surface area contributed by atoms with Gasteiger partial charge in [0.15, 0.2) is 0 Å². The van der Waals surface area contributed by atoms with Gasteiger partial charge in [0.25, 0.3) is 0 Å². The molecule has 1 rings (SSSR count). The molecular formula is C20H36O. The van der Waals surface area contributed by atoms with E-state index >= 15 is 0 Å². The summed E-state index contributed by atoms with van der Waals surface area (Å²) in [6.07, 6.45) is 2.74. The van der Waals surface area contributed by atoms with Gasteiger partial charge in [-0.1, -0.05) is 78.3 Å². The molecule has 122 valence electrons. The van der Waals surface area contributed by atoms with Gasteiger partial charge in [-0.3, -0.25) is 0 Å². The van der Waals surface area contributed by atoms with Gasteiger partial charge in [0.2, 0.25) is 0 Å². The van der Waals surface area contributed by atoms with Gasteiger partial charge >= 0.3 is 0 Å². The van der Waals surface area contributed by atoms with E-state index in [1.54, 1.807) is 0 Å². The molecule has 0 N–H and O–H groups in total. The first-order valence-electron chi connectivity index (χ1n) is 8.57. The Kier molecular flexibility index (Phi) is 11.3. The standard InChI is InChI=1S/C17H28O.C3H8/c1-13(2)17(14(3)4)11-15(5)18-12-16-9-7-6-8-10-16;1-3-2/h6-10,13-15,17H,11-12H2,1-5H3;3H2,1-2H3. The van der Waals surface area contributed by atoms with Crippen LogP contribution in [0, 0.1) is 17.8 Å². The largest absolute Gasteiger partial charge is 0.374 e. The van der Waals surface area contributed by atoms with Crippen molar-refractivity contribution in [1.82, 2.24) is 0 Å². The molecule has 0 aliphatic rings. The number of ether oxygens (including phenoxy) is 1. The van der Waals surface area contributed by atoms with Crippen molar-refractivity contribution in [3.05, 3.63) is 35.9 Å². The van der Waals surface area contributed by atoms with E-state index in [4.69, 9.17) is 4.74 Å². The fraction of sp³-hybridized carbons (Fsp3) is 0.700. The summed E-state index contributed by atoms with van der Waals surface area (Å²) in [5, 5.41) is 0. The van der Waals surface area contributed by atoms with Crippen LogP contribution in [0.1, 0.15) is 66.9 Å². The topological polar surface area (TPSA) is 9.23 Å². The third-order valence-electron chi connectivity index (χ3n) is 3.69. The van der Waals surface area contributed by atoms with Crippen LogP contribution in [0.5, 0.6) is 0 Å². The molecule has 21 heavy (non-hydrogen) atoms. The summed E-state index contributed by atoms with van der Waals surface area (Å²) in [6, 6.07) is 10.4. The summed E-state index contributed by atoms with van der Waals surface area (Å²) < 4.78 is 5.96. The Balaban J connectivity index is 0.00000122. The lowest BCUT2D eigenvalue weighted by Gasteiger charge is -2.27. The summed E-state index contributed by atoms with van der Waals surface area (Å²) >= 11 is 0. The number of benzene rings is 1. The third kappa shape index (κ3) is 9.68. The molecule has 0 radical (unpaired) electrons. The van der Waals surface area contributed by atoms with Gasteiger partial charge in [0.05, 0.1) is 12.7 Å². The minimum absolute atomic E-state index is 0.333. The Morgan fingerprint density at radius 2 is 1.33 bits per heavy atom. The normalized spacial score (nSPS) is 12.5. The van der Waals surface area contributed by atoms with Crippen LogP contribution >= 0.6 is 0 Å². The number of hydrogen-bond acceptors (Lipinski definition) is 1. The average Bonchev–Trinajstić information content (AvgIpc) is 2.44. The smallest absolute Gasteiger partial charge is 0.0720 e. The zero-order chi connectivity index (χ0) is 16.3. The SMILES string of the molecule is CC(CC(C(C)C)C(C)C)OCc1ccccc1.CCC. The van der Waals surface area contributed by atoms with Crippen LogP contribution in [-0.2, 0) is 11.3 Å². The zero-order valence-electron chi connectivity index (χ0n) is 15.2. The van der Waals surface area contributed by atoms with Crippen LogP contribution in [0.25, 0.3) is 0 Å². The fourth-order valence-corrected chi connectivity index (χ4v) is 2.58. The van der Waals surface area contributed by atoms with Crippen LogP contribution in [0.15, 0.2) is 30.3 Å². The quantitative estimate of drug-likeness (QED) is 0.571. The van der Waals surface area contributed by atoms with Gasteiger partial charge in [0, 0.05) is 0 Å². The van der Waals surface area contributed by atoms with E-state index in [2.05, 4.69) is 72.7 Å². The summed E-state index contributed by atoms with van der Waals surface area (Å²) in [4.78, 5) is 0. The molecule has 0 spiro atoms. The van der Waals surface area contributed by atoms with E-state index in [-0.39, 0.29) is 0 Å². The van der Waals surface area contributed by atoms with Crippen molar-refractivity contribution >= 4 is 0 Å². The van der Waals surface area contributed by atoms with Crippen molar-refractivity contribution < 1.29 is 4.74 Å². The van der Waals surface area contributed by atoms with E-state index in [0.29, 0.717) is 6.10 Å². The molecular weight excluding hydrogens is 256 g/mol. The van der Waals surface area contributed by atoms with Crippen LogP contribution < -0.4 is 0 Å². The second-order valence-electron chi connectivity index (χ2n) is 6.70. The average molecular weight is 293 g/mol. The molecule has 0 saturated carbocycles. The second-order valence-corrected chi connectivity index (χ2v) is 6.70. The maximum atomic E-state index is 5.96. The number of hydrogen-bond donors (Lipinski definition) is 0. The van der Waals surface area contributed by atoms with Crippen molar-refractivity contribution in [2.75, 3.05) is 0 Å². The van der Waals surface area contributed by atoms with Crippen LogP contribution in [-0.4, -0.2) is 6.10 Å². The lowest BCUT2D eigenvalue weighted by atomic mass is 9.82. The minimum atomic E-state index is 0.333. The summed E-state index contributed by atoms with van der Waals surface area (Å²) in [5.74, 6) is 2.20. The van der Waals surface area contributed by atoms with Crippen LogP contribution in [0.4, 0.5) is 0 Å². The summed E-state index contributed by atoms with van der Waals surface area (Å²) in [5.41, 5.74) is 1.26. The molecule has 0 amide bonds. The maximum absolute atomic E-state index is 5.96. The highest BCUT2D eigenvalue weighted by Gasteiger charge is 2.20. The van der Waals surface area contributed by atoms with Crippen molar-refractivity contribution in [3.8, 4) is 0 Å². The van der Waals surface area contributed by atoms with E-state index < -0.39 is 0 Å². The molecule has 0 saturated heterocycles. The highest BCUT2D eigenvalue weighted by molar-refractivity contribution is 5.13. The lowest BCUT2D eigenvalue weighted by molar-refractivity contribution is 0.0247. The number of rotatable bonds is 7. The van der Waals surface area contributed by atoms with Crippen LogP contribution in [0.2, 0.25) is 0 Å². The van der Waals surface area contributed by atoms with Gasteiger partial charge in [-0.15, -0.1) is 0 Å². The van der Waals surface area contributed by atoms with E-state index in [0.717, 1.165) is 30.8 Å². The summed E-state index contributed by atoms with van der Waals surface area (Å²) in [7, 11) is 0. The molecule has 1 aromatic rings. The molecule has 0 aromatic heterocycles. The van der Waals surface area contributed by atoms with Crippen molar-refractivity contribution in [2.45, 2.75) is 74.0 Å². The van der Waals surface area contributed by atoms with Gasteiger partial charge in [0.1, 0.15) is 0 Å². The van der Waals surface area contributed by atoms with Gasteiger partial charge in [-0.2, -0.15) is 0 Å². The van der Waals surface area contributed by atoms with Gasteiger partial charge in [-0.25, -0.2) is 0 Å². The molecule has 0 heterocycles. The Bertz CT molecular complexity index is 321. The monoisotopic (exact) mass is 292 g/mol. The molecule has 1 unspecified atom stereocenters. The second kappa shape index (κ2) is 11.8. The highest BCUT2D eigenvalue weighted by atomic mass is 16.5. The Labute approximate surface area is 133 Å². The Hall–Kier alpha value is -0.820. The van der Waals surface area contributed by atoms with Crippen LogP contribution in [0.3, 0.4) is 0 Å². The zero-order valence-corrected chi connectivity index (χ0v) is 15.2. The molecule has 1 aromatic carbocycles. The molecule has 0 bridgehead atoms. The minimum Gasteiger partial charge on any atom is -0.374 e. The van der Waals surface area contributed by atoms with Gasteiger partial charge in [-0.05, 0) is 36.7 Å². The first-order valence-corrected chi connectivity index (χ1v) is 8.57. The Morgan fingerprint density at radius 1 is 0.857 bits per heavy atom. The predicted octanol–water partition coefficient (Wildman–Crippen LogP) is 6.33. The molecule has 0 fully saturated rings. The predicted molar refractivity (Wildman–Crippen MR) is 94.4 cm³/mol. The van der Waals surface area contributed by atoms with Crippen molar-refractivity contribution in [2.24, 2.45) is 17.8 Å².